The Morgan fingerprint density at radius 3 is 2.80 bits per heavy atom. The first kappa shape index (κ1) is 18.4. The van der Waals surface area contributed by atoms with Crippen LogP contribution >= 0.6 is 11.6 Å². The Balaban J connectivity index is 1.59. The average molecular weight is 428 g/mol. The van der Waals surface area contributed by atoms with Gasteiger partial charge in [-0.05, 0) is 37.1 Å². The van der Waals surface area contributed by atoms with E-state index in [9.17, 15) is 14.0 Å². The molecule has 2 aliphatic rings. The predicted molar refractivity (Wildman–Crippen MR) is 109 cm³/mol. The van der Waals surface area contributed by atoms with Crippen LogP contribution in [-0.4, -0.2) is 32.6 Å². The van der Waals surface area contributed by atoms with Crippen LogP contribution in [0.15, 0.2) is 36.2 Å². The molecule has 30 heavy (non-hydrogen) atoms. The molecule has 4 N–H and O–H groups in total. The molecule has 3 aromatic rings. The SMILES string of the molecule is O=C1NC(=O)/C(=C/c2cnn3c(NC4CC4)cc(Nc4cc(Cl)ccc4F)nc23)N1. The Bertz CT molecular complexity index is 1240. The molecule has 5 rings (SSSR count). The van der Waals surface area contributed by atoms with E-state index in [2.05, 4.69) is 31.3 Å². The number of fused-ring (bicyclic) bond motifs is 1. The normalized spacial score (nSPS) is 17.3. The van der Waals surface area contributed by atoms with E-state index in [-0.39, 0.29) is 11.4 Å². The van der Waals surface area contributed by atoms with Crippen LogP contribution in [-0.2, 0) is 4.79 Å². The van der Waals surface area contributed by atoms with Crippen LogP contribution in [0.5, 0.6) is 0 Å². The molecular formula is C19H15ClFN7O2. The third kappa shape index (κ3) is 3.52. The number of rotatable bonds is 5. The molecule has 1 saturated carbocycles. The molecule has 3 amide bonds. The highest BCUT2D eigenvalue weighted by molar-refractivity contribution is 6.30. The number of imide groups is 1. The van der Waals surface area contributed by atoms with Crippen molar-refractivity contribution in [3.63, 3.8) is 0 Å². The molecule has 0 radical (unpaired) electrons. The van der Waals surface area contributed by atoms with Crippen LogP contribution in [0.3, 0.4) is 0 Å². The van der Waals surface area contributed by atoms with Crippen molar-refractivity contribution in [3.8, 4) is 0 Å². The first-order chi connectivity index (χ1) is 14.5. The number of halogens is 2. The molecule has 1 saturated heterocycles. The van der Waals surface area contributed by atoms with Gasteiger partial charge in [0, 0.05) is 22.7 Å². The van der Waals surface area contributed by atoms with Crippen LogP contribution in [0.2, 0.25) is 5.02 Å². The van der Waals surface area contributed by atoms with Gasteiger partial charge in [-0.25, -0.2) is 14.2 Å². The van der Waals surface area contributed by atoms with E-state index in [4.69, 9.17) is 11.6 Å². The van der Waals surface area contributed by atoms with Crippen molar-refractivity contribution in [2.75, 3.05) is 10.6 Å². The van der Waals surface area contributed by atoms with E-state index in [1.54, 1.807) is 10.6 Å². The minimum atomic E-state index is -0.592. The Labute approximate surface area is 174 Å². The molecule has 2 aromatic heterocycles. The molecule has 0 atom stereocenters. The molecular weight excluding hydrogens is 413 g/mol. The molecule has 11 heteroatoms. The lowest BCUT2D eigenvalue weighted by Gasteiger charge is -2.12. The lowest BCUT2D eigenvalue weighted by atomic mass is 10.2. The fourth-order valence-corrected chi connectivity index (χ4v) is 3.23. The first-order valence-corrected chi connectivity index (χ1v) is 9.55. The van der Waals surface area contributed by atoms with E-state index in [1.807, 2.05) is 0 Å². The Morgan fingerprint density at radius 2 is 2.07 bits per heavy atom. The van der Waals surface area contributed by atoms with Crippen LogP contribution in [0.4, 0.5) is 26.5 Å². The molecule has 0 unspecified atom stereocenters. The number of amides is 3. The van der Waals surface area contributed by atoms with Crippen molar-refractivity contribution < 1.29 is 14.0 Å². The number of anilines is 3. The van der Waals surface area contributed by atoms with Crippen LogP contribution in [0.1, 0.15) is 18.4 Å². The van der Waals surface area contributed by atoms with Gasteiger partial charge in [-0.2, -0.15) is 9.61 Å². The maximum Gasteiger partial charge on any atom is 0.326 e. The van der Waals surface area contributed by atoms with Gasteiger partial charge in [-0.15, -0.1) is 0 Å². The highest BCUT2D eigenvalue weighted by atomic mass is 35.5. The second-order valence-corrected chi connectivity index (χ2v) is 7.43. The summed E-state index contributed by atoms with van der Waals surface area (Å²) in [6.07, 6.45) is 5.11. The minimum absolute atomic E-state index is 0.0904. The molecule has 9 nitrogen and oxygen atoms in total. The molecule has 1 aliphatic carbocycles. The molecule has 0 spiro atoms. The Hall–Kier alpha value is -3.66. The van der Waals surface area contributed by atoms with Gasteiger partial charge in [0.25, 0.3) is 5.91 Å². The number of hydrogen-bond acceptors (Lipinski definition) is 6. The quantitative estimate of drug-likeness (QED) is 0.368. The molecule has 1 aromatic carbocycles. The monoisotopic (exact) mass is 427 g/mol. The number of benzene rings is 1. The number of nitrogens with one attached hydrogen (secondary N) is 4. The zero-order valence-electron chi connectivity index (χ0n) is 15.4. The zero-order valence-corrected chi connectivity index (χ0v) is 16.1. The summed E-state index contributed by atoms with van der Waals surface area (Å²) in [6, 6.07) is 5.65. The van der Waals surface area contributed by atoms with Gasteiger partial charge < -0.3 is 16.0 Å². The highest BCUT2D eigenvalue weighted by Gasteiger charge is 2.25. The van der Waals surface area contributed by atoms with Crippen LogP contribution in [0.25, 0.3) is 11.7 Å². The number of carbonyl (C=O) groups is 2. The largest absolute Gasteiger partial charge is 0.367 e. The molecule has 1 aliphatic heterocycles. The van der Waals surface area contributed by atoms with Gasteiger partial charge in [-0.1, -0.05) is 11.6 Å². The minimum Gasteiger partial charge on any atom is -0.367 e. The summed E-state index contributed by atoms with van der Waals surface area (Å²) >= 11 is 5.98. The smallest absolute Gasteiger partial charge is 0.326 e. The van der Waals surface area contributed by atoms with Crippen molar-refractivity contribution in [1.82, 2.24) is 25.2 Å². The number of carbonyl (C=O) groups excluding carboxylic acids is 2. The van der Waals surface area contributed by atoms with Crippen molar-refractivity contribution >= 4 is 52.6 Å². The van der Waals surface area contributed by atoms with Gasteiger partial charge in [0.15, 0.2) is 5.65 Å². The summed E-state index contributed by atoms with van der Waals surface area (Å²) < 4.78 is 15.8. The summed E-state index contributed by atoms with van der Waals surface area (Å²) in [4.78, 5) is 27.8. The van der Waals surface area contributed by atoms with E-state index in [0.717, 1.165) is 12.8 Å². The predicted octanol–water partition coefficient (Wildman–Crippen LogP) is 3.02. The van der Waals surface area contributed by atoms with Gasteiger partial charge in [0.2, 0.25) is 0 Å². The number of aromatic nitrogens is 3. The van der Waals surface area contributed by atoms with E-state index >= 15 is 0 Å². The Morgan fingerprint density at radius 1 is 1.23 bits per heavy atom. The van der Waals surface area contributed by atoms with Crippen molar-refractivity contribution in [3.05, 3.63) is 52.6 Å². The van der Waals surface area contributed by atoms with E-state index < -0.39 is 17.8 Å². The molecule has 152 valence electrons. The Kier molecular flexibility index (Phi) is 4.28. The van der Waals surface area contributed by atoms with Gasteiger partial charge >= 0.3 is 6.03 Å². The summed E-state index contributed by atoms with van der Waals surface area (Å²) in [7, 11) is 0. The fraction of sp³-hybridized carbons (Fsp3) is 0.158. The standard InChI is InChI=1S/C19H15ClFN7O2/c20-10-1-4-12(21)13(6-10)24-15-7-16(23-11-2-3-11)28-17(26-15)9(8-22-28)5-14-18(29)27-19(30)25-14/h1,4-8,11,23H,2-3H2,(H,24,26)(H2,25,27,29,30)/b14-5-. The van der Waals surface area contributed by atoms with Gasteiger partial charge in [0.1, 0.15) is 23.1 Å². The number of urea groups is 1. The second-order valence-electron chi connectivity index (χ2n) is 7.00. The van der Waals surface area contributed by atoms with Crippen molar-refractivity contribution in [2.45, 2.75) is 18.9 Å². The van der Waals surface area contributed by atoms with Crippen LogP contribution in [0, 0.1) is 5.82 Å². The second kappa shape index (κ2) is 6.99. The summed E-state index contributed by atoms with van der Waals surface area (Å²) in [5.41, 5.74) is 1.20. The highest BCUT2D eigenvalue weighted by Crippen LogP contribution is 2.29. The van der Waals surface area contributed by atoms with E-state index in [0.29, 0.717) is 33.9 Å². The summed E-state index contributed by atoms with van der Waals surface area (Å²) in [5.74, 6) is 0.0220. The van der Waals surface area contributed by atoms with Gasteiger partial charge in [0.05, 0.1) is 11.9 Å². The molecule has 2 fully saturated rings. The lowest BCUT2D eigenvalue weighted by Crippen LogP contribution is -2.22. The molecule has 0 bridgehead atoms. The third-order valence-electron chi connectivity index (χ3n) is 4.64. The topological polar surface area (TPSA) is 112 Å². The number of nitrogens with zero attached hydrogens (tertiary/aromatic N) is 3. The summed E-state index contributed by atoms with van der Waals surface area (Å²) in [5, 5.41) is 15.6. The van der Waals surface area contributed by atoms with Crippen molar-refractivity contribution in [2.24, 2.45) is 0 Å². The van der Waals surface area contributed by atoms with E-state index in [1.165, 1.54) is 30.5 Å². The van der Waals surface area contributed by atoms with Gasteiger partial charge in [-0.3, -0.25) is 10.1 Å². The maximum absolute atomic E-state index is 14.2. The fourth-order valence-electron chi connectivity index (χ4n) is 3.05. The zero-order chi connectivity index (χ0) is 20.8. The molecule has 3 heterocycles. The lowest BCUT2D eigenvalue weighted by molar-refractivity contribution is -0.115. The first-order valence-electron chi connectivity index (χ1n) is 9.18. The number of hydrogen-bond donors (Lipinski definition) is 4. The van der Waals surface area contributed by atoms with Crippen molar-refractivity contribution in [1.29, 1.82) is 0 Å². The maximum atomic E-state index is 14.2. The average Bonchev–Trinajstić information content (AvgIpc) is 3.34. The summed E-state index contributed by atoms with van der Waals surface area (Å²) in [6.45, 7) is 0. The van der Waals surface area contributed by atoms with Crippen LogP contribution < -0.4 is 21.3 Å². The third-order valence-corrected chi connectivity index (χ3v) is 4.87.